The van der Waals surface area contributed by atoms with E-state index in [1.54, 1.807) is 25.4 Å². The summed E-state index contributed by atoms with van der Waals surface area (Å²) in [5, 5.41) is 4.41. The second kappa shape index (κ2) is 10.6. The number of aromatic amines is 1. The van der Waals surface area contributed by atoms with Gasteiger partial charge in [0.1, 0.15) is 16.2 Å². The summed E-state index contributed by atoms with van der Waals surface area (Å²) in [6.07, 6.45) is 4.96. The van der Waals surface area contributed by atoms with Gasteiger partial charge in [0.25, 0.3) is 11.5 Å². The Hall–Kier alpha value is -3.75. The molecule has 0 aliphatic carbocycles. The zero-order chi connectivity index (χ0) is 26.9. The lowest BCUT2D eigenvalue weighted by atomic mass is 10.2. The second-order valence-electron chi connectivity index (χ2n) is 8.67. The Morgan fingerprint density at radius 3 is 2.42 bits per heavy atom. The number of aromatic nitrogens is 7. The average Bonchev–Trinajstić information content (AvgIpc) is 3.33. The van der Waals surface area contributed by atoms with Gasteiger partial charge in [0, 0.05) is 38.6 Å². The van der Waals surface area contributed by atoms with Crippen LogP contribution in [0.25, 0.3) is 28.4 Å². The van der Waals surface area contributed by atoms with Gasteiger partial charge in [-0.05, 0) is 32.0 Å². The van der Waals surface area contributed by atoms with Crippen LogP contribution in [0.5, 0.6) is 5.88 Å². The molecule has 0 amide bonds. The smallest absolute Gasteiger partial charge is 0.279 e. The first-order valence-electron chi connectivity index (χ1n) is 12.5. The van der Waals surface area contributed by atoms with E-state index in [2.05, 4.69) is 36.9 Å². The van der Waals surface area contributed by atoms with Crippen molar-refractivity contribution in [3.8, 4) is 23.2 Å². The van der Waals surface area contributed by atoms with Crippen molar-refractivity contribution in [2.45, 2.75) is 32.1 Å². The summed E-state index contributed by atoms with van der Waals surface area (Å²) < 4.78 is 35.6. The number of rotatable bonds is 8. The highest BCUT2D eigenvalue weighted by molar-refractivity contribution is 7.89. The lowest BCUT2D eigenvalue weighted by Gasteiger charge is -2.33. The molecule has 5 heterocycles. The van der Waals surface area contributed by atoms with Crippen molar-refractivity contribution in [3.05, 3.63) is 46.8 Å². The van der Waals surface area contributed by atoms with Gasteiger partial charge >= 0.3 is 0 Å². The molecule has 4 aromatic rings. The molecule has 1 fully saturated rings. The number of likely N-dealkylation sites (N-methyl/N-ethyl adjacent to an activating group) is 1. The highest BCUT2D eigenvalue weighted by Crippen LogP contribution is 2.30. The standard InChI is InChI=1S/C24H29N9O4S/c1-4-18-19-20(30-33(18)24-25-8-7-9-26-24)22(34)29-21(28-19)17-14-16(15-27-23(17)37-6-3)38(35,36)32-12-10-31(5-2)11-13-32/h7-9,14-15H,4-6,10-13H2,1-3H3,(H,28,29,34). The molecule has 4 aromatic heterocycles. The van der Waals surface area contributed by atoms with Crippen LogP contribution in [0.15, 0.2) is 40.4 Å². The molecular formula is C24H29N9O4S. The summed E-state index contributed by atoms with van der Waals surface area (Å²) in [7, 11) is -3.82. The fourth-order valence-electron chi connectivity index (χ4n) is 4.46. The minimum Gasteiger partial charge on any atom is -0.477 e. The summed E-state index contributed by atoms with van der Waals surface area (Å²) in [5.74, 6) is 0.618. The minimum atomic E-state index is -3.82. The van der Waals surface area contributed by atoms with Gasteiger partial charge < -0.3 is 14.6 Å². The Morgan fingerprint density at radius 2 is 1.76 bits per heavy atom. The molecule has 200 valence electrons. The predicted octanol–water partition coefficient (Wildman–Crippen LogP) is 1.25. The number of hydrogen-bond acceptors (Lipinski definition) is 10. The van der Waals surface area contributed by atoms with Gasteiger partial charge in [0.15, 0.2) is 5.52 Å². The Labute approximate surface area is 219 Å². The lowest BCUT2D eigenvalue weighted by Crippen LogP contribution is -2.48. The summed E-state index contributed by atoms with van der Waals surface area (Å²) in [4.78, 5) is 35.6. The van der Waals surface area contributed by atoms with Crippen molar-refractivity contribution in [3.63, 3.8) is 0 Å². The molecule has 0 spiro atoms. The van der Waals surface area contributed by atoms with Gasteiger partial charge in [-0.3, -0.25) is 4.79 Å². The van der Waals surface area contributed by atoms with E-state index in [4.69, 9.17) is 9.72 Å². The fourth-order valence-corrected chi connectivity index (χ4v) is 5.86. The maximum atomic E-state index is 13.5. The maximum Gasteiger partial charge on any atom is 0.279 e. The average molecular weight is 540 g/mol. The largest absolute Gasteiger partial charge is 0.477 e. The number of nitrogens with one attached hydrogen (secondary N) is 1. The maximum absolute atomic E-state index is 13.5. The van der Waals surface area contributed by atoms with Crippen molar-refractivity contribution < 1.29 is 13.2 Å². The number of aryl methyl sites for hydroxylation is 1. The van der Waals surface area contributed by atoms with Crippen molar-refractivity contribution in [1.82, 2.24) is 43.9 Å². The third kappa shape index (κ3) is 4.66. The van der Waals surface area contributed by atoms with Crippen molar-refractivity contribution in [1.29, 1.82) is 0 Å². The lowest BCUT2D eigenvalue weighted by molar-refractivity contribution is 0.196. The first kappa shape index (κ1) is 25.9. The van der Waals surface area contributed by atoms with Crippen LogP contribution in [0.1, 0.15) is 26.5 Å². The van der Waals surface area contributed by atoms with Crippen molar-refractivity contribution in [2.75, 3.05) is 39.3 Å². The number of hydrogen-bond donors (Lipinski definition) is 1. The monoisotopic (exact) mass is 539 g/mol. The predicted molar refractivity (Wildman–Crippen MR) is 140 cm³/mol. The van der Waals surface area contributed by atoms with Crippen LogP contribution in [-0.4, -0.2) is 91.7 Å². The molecular weight excluding hydrogens is 510 g/mol. The normalized spacial score (nSPS) is 15.2. The minimum absolute atomic E-state index is 0.00717. The topological polar surface area (TPSA) is 152 Å². The van der Waals surface area contributed by atoms with E-state index in [0.29, 0.717) is 56.4 Å². The van der Waals surface area contributed by atoms with Gasteiger partial charge in [-0.15, -0.1) is 0 Å². The van der Waals surface area contributed by atoms with Gasteiger partial charge in [0.2, 0.25) is 15.9 Å². The molecule has 0 saturated carbocycles. The first-order valence-corrected chi connectivity index (χ1v) is 14.0. The van der Waals surface area contributed by atoms with E-state index >= 15 is 0 Å². The molecule has 38 heavy (non-hydrogen) atoms. The number of fused-ring (bicyclic) bond motifs is 1. The Morgan fingerprint density at radius 1 is 1.03 bits per heavy atom. The van der Waals surface area contributed by atoms with Gasteiger partial charge in [0.05, 0.1) is 24.1 Å². The van der Waals surface area contributed by atoms with E-state index in [1.807, 2.05) is 6.92 Å². The molecule has 0 unspecified atom stereocenters. The molecule has 0 radical (unpaired) electrons. The molecule has 1 N–H and O–H groups in total. The highest BCUT2D eigenvalue weighted by atomic mass is 32.2. The summed E-state index contributed by atoms with van der Waals surface area (Å²) in [5.41, 5.74) is 0.916. The van der Waals surface area contributed by atoms with Gasteiger partial charge in [-0.1, -0.05) is 13.8 Å². The fraction of sp³-hybridized carbons (Fsp3) is 0.417. The zero-order valence-electron chi connectivity index (χ0n) is 21.5. The summed E-state index contributed by atoms with van der Waals surface area (Å²) >= 11 is 0. The van der Waals surface area contributed by atoms with E-state index in [1.165, 1.54) is 21.3 Å². The molecule has 0 atom stereocenters. The second-order valence-corrected chi connectivity index (χ2v) is 10.6. The van der Waals surface area contributed by atoms with E-state index in [9.17, 15) is 13.2 Å². The van der Waals surface area contributed by atoms with Crippen LogP contribution >= 0.6 is 0 Å². The number of H-pyrrole nitrogens is 1. The van der Waals surface area contributed by atoms with Crippen LogP contribution in [-0.2, 0) is 16.4 Å². The molecule has 1 saturated heterocycles. The molecule has 14 heteroatoms. The third-order valence-corrected chi connectivity index (χ3v) is 8.34. The number of piperazine rings is 1. The van der Waals surface area contributed by atoms with E-state index in [-0.39, 0.29) is 27.7 Å². The molecule has 0 bridgehead atoms. The van der Waals surface area contributed by atoms with Crippen LogP contribution in [0.3, 0.4) is 0 Å². The van der Waals surface area contributed by atoms with Gasteiger partial charge in [-0.25, -0.2) is 28.4 Å². The van der Waals surface area contributed by atoms with Crippen LogP contribution in [0, 0.1) is 0 Å². The molecule has 13 nitrogen and oxygen atoms in total. The van der Waals surface area contributed by atoms with Gasteiger partial charge in [-0.2, -0.15) is 14.1 Å². The number of pyridine rings is 1. The number of nitrogens with zero attached hydrogens (tertiary/aromatic N) is 8. The SMILES string of the molecule is CCOc1ncc(S(=O)(=O)N2CCN(CC)CC2)cc1-c1nc2c(CC)n(-c3ncccn3)nc2c(=O)[nH]1. The molecule has 1 aliphatic heterocycles. The van der Waals surface area contributed by atoms with E-state index < -0.39 is 15.6 Å². The Balaban J connectivity index is 1.62. The van der Waals surface area contributed by atoms with E-state index in [0.717, 1.165) is 6.54 Å². The van der Waals surface area contributed by atoms with Crippen molar-refractivity contribution >= 4 is 21.1 Å². The number of sulfonamides is 1. The molecule has 5 rings (SSSR count). The van der Waals surface area contributed by atoms with Crippen LogP contribution < -0.4 is 10.3 Å². The summed E-state index contributed by atoms with van der Waals surface area (Å²) in [6.45, 7) is 9.02. The number of ether oxygens (including phenoxy) is 1. The zero-order valence-corrected chi connectivity index (χ0v) is 22.3. The van der Waals surface area contributed by atoms with Crippen LogP contribution in [0.4, 0.5) is 0 Å². The highest BCUT2D eigenvalue weighted by Gasteiger charge is 2.30. The molecule has 0 aromatic carbocycles. The third-order valence-electron chi connectivity index (χ3n) is 6.48. The van der Waals surface area contributed by atoms with Crippen LogP contribution in [0.2, 0.25) is 0 Å². The summed E-state index contributed by atoms with van der Waals surface area (Å²) in [6, 6.07) is 3.15. The first-order chi connectivity index (χ1) is 18.4. The Bertz CT molecular complexity index is 1610. The molecule has 1 aliphatic rings. The quantitative estimate of drug-likeness (QED) is 0.346. The Kier molecular flexibility index (Phi) is 7.19. The van der Waals surface area contributed by atoms with Crippen molar-refractivity contribution in [2.24, 2.45) is 0 Å².